The summed E-state index contributed by atoms with van der Waals surface area (Å²) in [6, 6.07) is 4.59. The lowest BCUT2D eigenvalue weighted by atomic mass is 9.80. The first-order chi connectivity index (χ1) is 13.4. The standard InChI is InChI=1S/C20H27ClN2O4S/c1-27-17-8-7-16(21)11-18(17)28(25,26)23-13-19(24)22(12-15-5-6-15)14-20(23)9-3-2-4-10-20/h7-8,11,15H,2-6,9-10,12-14H2,1H3. The lowest BCUT2D eigenvalue weighted by Crippen LogP contribution is -2.66. The second kappa shape index (κ2) is 7.50. The Morgan fingerprint density at radius 1 is 1.21 bits per heavy atom. The summed E-state index contributed by atoms with van der Waals surface area (Å²) in [4.78, 5) is 14.8. The van der Waals surface area contributed by atoms with Crippen LogP contribution < -0.4 is 4.74 Å². The van der Waals surface area contributed by atoms with Gasteiger partial charge in [-0.05, 0) is 49.8 Å². The van der Waals surface area contributed by atoms with E-state index < -0.39 is 15.6 Å². The van der Waals surface area contributed by atoms with Crippen molar-refractivity contribution in [3.8, 4) is 5.75 Å². The minimum atomic E-state index is -3.93. The quantitative estimate of drug-likeness (QED) is 0.724. The largest absolute Gasteiger partial charge is 0.495 e. The van der Waals surface area contributed by atoms with Crippen LogP contribution in [-0.4, -0.2) is 55.8 Å². The molecule has 4 rings (SSSR count). The highest BCUT2D eigenvalue weighted by Crippen LogP contribution is 2.43. The summed E-state index contributed by atoms with van der Waals surface area (Å²) in [5.41, 5.74) is -0.535. The normalized spacial score (nSPS) is 23.2. The summed E-state index contributed by atoms with van der Waals surface area (Å²) in [7, 11) is -2.49. The van der Waals surface area contributed by atoms with Crippen molar-refractivity contribution in [2.24, 2.45) is 5.92 Å². The molecule has 3 fully saturated rings. The molecule has 8 heteroatoms. The van der Waals surface area contributed by atoms with Crippen LogP contribution in [0.15, 0.2) is 23.1 Å². The molecule has 2 aliphatic carbocycles. The molecule has 0 bridgehead atoms. The van der Waals surface area contributed by atoms with E-state index in [0.717, 1.165) is 38.6 Å². The van der Waals surface area contributed by atoms with Crippen molar-refractivity contribution in [3.05, 3.63) is 23.2 Å². The number of halogens is 1. The Morgan fingerprint density at radius 2 is 1.93 bits per heavy atom. The fourth-order valence-corrected chi connectivity index (χ4v) is 6.81. The number of carbonyl (C=O) groups is 1. The summed E-state index contributed by atoms with van der Waals surface area (Å²) in [6.07, 6.45) is 6.95. The zero-order chi connectivity index (χ0) is 19.9. The molecular weight excluding hydrogens is 400 g/mol. The summed E-state index contributed by atoms with van der Waals surface area (Å²) >= 11 is 6.10. The highest BCUT2D eigenvalue weighted by atomic mass is 35.5. The van der Waals surface area contributed by atoms with E-state index in [1.165, 1.54) is 30.3 Å². The third kappa shape index (κ3) is 3.64. The van der Waals surface area contributed by atoms with Gasteiger partial charge in [-0.3, -0.25) is 4.79 Å². The smallest absolute Gasteiger partial charge is 0.247 e. The zero-order valence-corrected chi connectivity index (χ0v) is 17.8. The number of methoxy groups -OCH3 is 1. The Balaban J connectivity index is 1.73. The molecule has 1 heterocycles. The van der Waals surface area contributed by atoms with Gasteiger partial charge in [-0.1, -0.05) is 30.9 Å². The van der Waals surface area contributed by atoms with Crippen molar-refractivity contribution in [2.45, 2.75) is 55.4 Å². The SMILES string of the molecule is COc1ccc(Cl)cc1S(=O)(=O)N1CC(=O)N(CC2CC2)CC12CCCCC2. The number of nitrogens with zero attached hydrogens (tertiary/aromatic N) is 2. The molecule has 0 atom stereocenters. The van der Waals surface area contributed by atoms with Gasteiger partial charge in [0.2, 0.25) is 15.9 Å². The molecule has 2 saturated carbocycles. The van der Waals surface area contributed by atoms with Crippen molar-refractivity contribution in [3.63, 3.8) is 0 Å². The predicted octanol–water partition coefficient (Wildman–Crippen LogP) is 3.29. The molecule has 1 amide bonds. The van der Waals surface area contributed by atoms with Gasteiger partial charge in [0.25, 0.3) is 0 Å². The molecule has 0 radical (unpaired) electrons. The molecule has 1 spiro atoms. The number of hydrogen-bond acceptors (Lipinski definition) is 4. The lowest BCUT2D eigenvalue weighted by Gasteiger charge is -2.51. The molecule has 154 valence electrons. The number of hydrogen-bond donors (Lipinski definition) is 0. The summed E-state index contributed by atoms with van der Waals surface area (Å²) < 4.78 is 34.2. The van der Waals surface area contributed by atoms with Crippen LogP contribution in [0.4, 0.5) is 0 Å². The number of ether oxygens (including phenoxy) is 1. The predicted molar refractivity (Wildman–Crippen MR) is 107 cm³/mol. The second-order valence-electron chi connectivity index (χ2n) is 8.31. The molecule has 28 heavy (non-hydrogen) atoms. The van der Waals surface area contributed by atoms with Crippen LogP contribution in [0.5, 0.6) is 5.75 Å². The van der Waals surface area contributed by atoms with Gasteiger partial charge in [0, 0.05) is 18.1 Å². The van der Waals surface area contributed by atoms with Crippen molar-refractivity contribution in [2.75, 3.05) is 26.7 Å². The van der Waals surface area contributed by atoms with Crippen LogP contribution in [0.25, 0.3) is 0 Å². The van der Waals surface area contributed by atoms with Crippen LogP contribution in [0.2, 0.25) is 5.02 Å². The van der Waals surface area contributed by atoms with Gasteiger partial charge in [-0.2, -0.15) is 4.31 Å². The number of benzene rings is 1. The number of rotatable bonds is 5. The summed E-state index contributed by atoms with van der Waals surface area (Å²) in [5.74, 6) is 0.733. The number of sulfonamides is 1. The van der Waals surface area contributed by atoms with E-state index in [9.17, 15) is 13.2 Å². The van der Waals surface area contributed by atoms with E-state index in [1.54, 1.807) is 12.1 Å². The maximum atomic E-state index is 13.7. The second-order valence-corrected chi connectivity index (χ2v) is 10.6. The van der Waals surface area contributed by atoms with Gasteiger partial charge in [0.15, 0.2) is 0 Å². The average Bonchev–Trinajstić information content (AvgIpc) is 3.49. The van der Waals surface area contributed by atoms with Crippen LogP contribution in [0, 0.1) is 5.92 Å². The Hall–Kier alpha value is -1.31. The fraction of sp³-hybridized carbons (Fsp3) is 0.650. The highest BCUT2D eigenvalue weighted by Gasteiger charge is 2.51. The van der Waals surface area contributed by atoms with Crippen LogP contribution in [0.3, 0.4) is 0 Å². The van der Waals surface area contributed by atoms with Gasteiger partial charge < -0.3 is 9.64 Å². The van der Waals surface area contributed by atoms with E-state index >= 15 is 0 Å². The molecule has 0 unspecified atom stereocenters. The maximum Gasteiger partial charge on any atom is 0.247 e. The monoisotopic (exact) mass is 426 g/mol. The zero-order valence-electron chi connectivity index (χ0n) is 16.2. The van der Waals surface area contributed by atoms with Gasteiger partial charge in [-0.25, -0.2) is 8.42 Å². The molecule has 6 nitrogen and oxygen atoms in total. The topological polar surface area (TPSA) is 66.9 Å². The van der Waals surface area contributed by atoms with Gasteiger partial charge in [0.05, 0.1) is 19.2 Å². The van der Waals surface area contributed by atoms with Crippen molar-refractivity contribution in [1.29, 1.82) is 0 Å². The lowest BCUT2D eigenvalue weighted by molar-refractivity contribution is -0.140. The third-order valence-electron chi connectivity index (χ3n) is 6.30. The first-order valence-corrected chi connectivity index (χ1v) is 11.8. The summed E-state index contributed by atoms with van der Waals surface area (Å²) in [5, 5.41) is 0.329. The van der Waals surface area contributed by atoms with Crippen molar-refractivity contribution in [1.82, 2.24) is 9.21 Å². The van der Waals surface area contributed by atoms with E-state index in [4.69, 9.17) is 16.3 Å². The van der Waals surface area contributed by atoms with Crippen molar-refractivity contribution >= 4 is 27.5 Å². The van der Waals surface area contributed by atoms with Gasteiger partial charge in [-0.15, -0.1) is 0 Å². The Bertz CT molecular complexity index is 863. The molecule has 0 N–H and O–H groups in total. The molecule has 1 saturated heterocycles. The molecule has 3 aliphatic rings. The number of carbonyl (C=O) groups excluding carboxylic acids is 1. The molecule has 1 aromatic carbocycles. The number of amides is 1. The first kappa shape index (κ1) is 20.0. The van der Waals surface area contributed by atoms with Gasteiger partial charge >= 0.3 is 0 Å². The minimum absolute atomic E-state index is 0.0379. The van der Waals surface area contributed by atoms with Crippen LogP contribution >= 0.6 is 11.6 Å². The third-order valence-corrected chi connectivity index (χ3v) is 8.51. The van der Waals surface area contributed by atoms with Crippen LogP contribution in [0.1, 0.15) is 44.9 Å². The Morgan fingerprint density at radius 3 is 2.57 bits per heavy atom. The molecule has 0 aromatic heterocycles. The molecule has 1 aliphatic heterocycles. The summed E-state index contributed by atoms with van der Waals surface area (Å²) in [6.45, 7) is 1.14. The minimum Gasteiger partial charge on any atom is -0.495 e. The average molecular weight is 427 g/mol. The van der Waals surface area contributed by atoms with Crippen molar-refractivity contribution < 1.29 is 17.9 Å². The molecular formula is C20H27ClN2O4S. The van der Waals surface area contributed by atoms with E-state index in [1.807, 2.05) is 4.90 Å². The maximum absolute atomic E-state index is 13.7. The highest BCUT2D eigenvalue weighted by molar-refractivity contribution is 7.89. The molecule has 1 aromatic rings. The Labute approximate surface area is 171 Å². The van der Waals surface area contributed by atoms with Crippen LogP contribution in [-0.2, 0) is 14.8 Å². The number of piperazine rings is 1. The van der Waals surface area contributed by atoms with E-state index in [2.05, 4.69) is 0 Å². The Kier molecular flexibility index (Phi) is 5.35. The van der Waals surface area contributed by atoms with Gasteiger partial charge in [0.1, 0.15) is 10.6 Å². The first-order valence-electron chi connectivity index (χ1n) is 10.00. The van der Waals surface area contributed by atoms with E-state index in [-0.39, 0.29) is 23.1 Å². The fourth-order valence-electron chi connectivity index (χ4n) is 4.62. The van der Waals surface area contributed by atoms with E-state index in [0.29, 0.717) is 17.5 Å².